The van der Waals surface area contributed by atoms with Crippen LogP contribution < -0.4 is 11.1 Å². The summed E-state index contributed by atoms with van der Waals surface area (Å²) in [6.45, 7) is 4.06. The molecule has 132 valence electrons. The van der Waals surface area contributed by atoms with Crippen molar-refractivity contribution in [1.29, 1.82) is 0 Å². The molecule has 0 aliphatic heterocycles. The number of fused-ring (bicyclic) bond motifs is 3. The molecular formula is C20H26N4O. The van der Waals surface area contributed by atoms with Crippen LogP contribution in [-0.4, -0.2) is 21.0 Å². The van der Waals surface area contributed by atoms with Gasteiger partial charge in [-0.2, -0.15) is 0 Å². The summed E-state index contributed by atoms with van der Waals surface area (Å²) >= 11 is 0. The van der Waals surface area contributed by atoms with Crippen molar-refractivity contribution in [1.82, 2.24) is 9.55 Å². The van der Waals surface area contributed by atoms with E-state index >= 15 is 0 Å². The highest BCUT2D eigenvalue weighted by atomic mass is 16.2. The van der Waals surface area contributed by atoms with Crippen LogP contribution >= 0.6 is 0 Å². The minimum absolute atomic E-state index is 0.00946. The third-order valence-corrected chi connectivity index (χ3v) is 6.44. The van der Waals surface area contributed by atoms with Crippen molar-refractivity contribution in [2.75, 3.05) is 5.32 Å². The van der Waals surface area contributed by atoms with E-state index in [1.807, 2.05) is 37.5 Å². The summed E-state index contributed by atoms with van der Waals surface area (Å²) in [5.74, 6) is 0.164. The van der Waals surface area contributed by atoms with Gasteiger partial charge >= 0.3 is 0 Å². The molecule has 0 spiro atoms. The molecule has 2 bridgehead atoms. The summed E-state index contributed by atoms with van der Waals surface area (Å²) < 4.78 is 2.06. The van der Waals surface area contributed by atoms with Gasteiger partial charge in [-0.25, -0.2) is 4.98 Å². The molecule has 1 aromatic carbocycles. The van der Waals surface area contributed by atoms with E-state index in [2.05, 4.69) is 21.8 Å². The van der Waals surface area contributed by atoms with Gasteiger partial charge in [0.25, 0.3) is 0 Å². The molecule has 1 aromatic heterocycles. The average Bonchev–Trinajstić information content (AvgIpc) is 2.96. The van der Waals surface area contributed by atoms with E-state index in [0.29, 0.717) is 0 Å². The predicted molar refractivity (Wildman–Crippen MR) is 98.7 cm³/mol. The fraction of sp³-hybridized carbons (Fsp3) is 0.500. The Balaban J connectivity index is 1.48. The van der Waals surface area contributed by atoms with Gasteiger partial charge in [-0.3, -0.25) is 4.79 Å². The molecule has 3 fully saturated rings. The van der Waals surface area contributed by atoms with Crippen LogP contribution in [0.1, 0.15) is 49.9 Å². The van der Waals surface area contributed by atoms with Crippen molar-refractivity contribution in [3.63, 3.8) is 0 Å². The van der Waals surface area contributed by atoms with Crippen LogP contribution in [0.4, 0.5) is 5.69 Å². The van der Waals surface area contributed by atoms with E-state index in [0.717, 1.165) is 61.3 Å². The first kappa shape index (κ1) is 16.3. The van der Waals surface area contributed by atoms with Gasteiger partial charge in [0.1, 0.15) is 0 Å². The number of aryl methyl sites for hydroxylation is 1. The van der Waals surface area contributed by atoms with Crippen molar-refractivity contribution in [3.05, 3.63) is 42.0 Å². The Morgan fingerprint density at radius 1 is 1.08 bits per heavy atom. The number of nitrogens with zero attached hydrogens (tertiary/aromatic N) is 2. The summed E-state index contributed by atoms with van der Waals surface area (Å²) in [6.07, 6.45) is 7.50. The number of carbonyl (C=O) groups is 1. The number of hydrogen-bond acceptors (Lipinski definition) is 3. The zero-order chi connectivity index (χ0) is 17.7. The molecule has 1 heterocycles. The second kappa shape index (κ2) is 5.70. The lowest BCUT2D eigenvalue weighted by Gasteiger charge is -2.50. The van der Waals surface area contributed by atoms with E-state index in [9.17, 15) is 4.79 Å². The third-order valence-electron chi connectivity index (χ3n) is 6.44. The van der Waals surface area contributed by atoms with Gasteiger partial charge in [0.05, 0.1) is 12.0 Å². The van der Waals surface area contributed by atoms with Gasteiger partial charge < -0.3 is 15.6 Å². The second-order valence-corrected chi connectivity index (χ2v) is 7.93. The summed E-state index contributed by atoms with van der Waals surface area (Å²) in [6, 6.07) is 7.98. The number of carbonyl (C=O) groups excluding carboxylic acids is 1. The lowest BCUT2D eigenvalue weighted by molar-refractivity contribution is -0.131. The highest BCUT2D eigenvalue weighted by Gasteiger charge is 2.50. The fourth-order valence-electron chi connectivity index (χ4n) is 4.28. The minimum Gasteiger partial charge on any atom is -0.326 e. The molecular weight excluding hydrogens is 312 g/mol. The first-order chi connectivity index (χ1) is 11.9. The van der Waals surface area contributed by atoms with Crippen molar-refractivity contribution < 1.29 is 4.79 Å². The number of aromatic nitrogens is 2. The van der Waals surface area contributed by atoms with Crippen LogP contribution in [0.2, 0.25) is 0 Å². The number of anilines is 1. The minimum atomic E-state index is -0.210. The number of imidazole rings is 1. The van der Waals surface area contributed by atoms with Crippen LogP contribution in [0.25, 0.3) is 5.69 Å². The number of rotatable bonds is 3. The Hall–Kier alpha value is -2.14. The summed E-state index contributed by atoms with van der Waals surface area (Å²) in [4.78, 5) is 17.2. The Morgan fingerprint density at radius 3 is 2.20 bits per heavy atom. The molecule has 0 radical (unpaired) electrons. The zero-order valence-corrected chi connectivity index (χ0v) is 15.0. The number of amides is 1. The molecule has 5 rings (SSSR count). The normalized spacial score (nSPS) is 28.1. The standard InChI is InChI=1S/C20H26N4O/c1-14-15(2)24(13-22-14)17-5-3-16(4-6-17)23-18(25)19-7-10-20(21,11-8-19)12-9-19/h3-6,13H,7-12,21H2,1-2H3,(H,23,25). The van der Waals surface area contributed by atoms with Gasteiger partial charge in [-0.15, -0.1) is 0 Å². The number of nitrogens with two attached hydrogens (primary N) is 1. The van der Waals surface area contributed by atoms with Crippen molar-refractivity contribution in [3.8, 4) is 5.69 Å². The van der Waals surface area contributed by atoms with Crippen LogP contribution in [0, 0.1) is 19.3 Å². The van der Waals surface area contributed by atoms with Gasteiger partial charge in [-0.05, 0) is 76.6 Å². The molecule has 3 saturated carbocycles. The molecule has 3 aliphatic rings. The molecule has 5 heteroatoms. The van der Waals surface area contributed by atoms with Crippen LogP contribution in [-0.2, 0) is 4.79 Å². The van der Waals surface area contributed by atoms with Crippen molar-refractivity contribution in [2.24, 2.45) is 11.1 Å². The fourth-order valence-corrected chi connectivity index (χ4v) is 4.28. The quantitative estimate of drug-likeness (QED) is 0.900. The summed E-state index contributed by atoms with van der Waals surface area (Å²) in [5.41, 5.74) is 10.2. The van der Waals surface area contributed by atoms with E-state index in [1.165, 1.54) is 0 Å². The van der Waals surface area contributed by atoms with Crippen LogP contribution in [0.3, 0.4) is 0 Å². The average molecular weight is 338 g/mol. The predicted octanol–water partition coefficient (Wildman–Crippen LogP) is 3.48. The lowest BCUT2D eigenvalue weighted by atomic mass is 9.57. The lowest BCUT2D eigenvalue weighted by Crippen LogP contribution is -2.55. The highest BCUT2D eigenvalue weighted by Crippen LogP contribution is 2.51. The molecule has 25 heavy (non-hydrogen) atoms. The molecule has 0 unspecified atom stereocenters. The first-order valence-electron chi connectivity index (χ1n) is 9.12. The molecule has 5 nitrogen and oxygen atoms in total. The zero-order valence-electron chi connectivity index (χ0n) is 15.0. The van der Waals surface area contributed by atoms with E-state index in [4.69, 9.17) is 5.73 Å². The van der Waals surface area contributed by atoms with Crippen LogP contribution in [0.15, 0.2) is 30.6 Å². The second-order valence-electron chi connectivity index (χ2n) is 7.93. The Morgan fingerprint density at radius 2 is 1.68 bits per heavy atom. The Bertz CT molecular complexity index is 781. The number of nitrogens with one attached hydrogen (secondary N) is 1. The molecule has 2 aromatic rings. The Kier molecular flexibility index (Phi) is 3.72. The molecule has 1 amide bonds. The summed E-state index contributed by atoms with van der Waals surface area (Å²) in [7, 11) is 0. The highest BCUT2D eigenvalue weighted by molar-refractivity contribution is 5.95. The number of hydrogen-bond donors (Lipinski definition) is 2. The van der Waals surface area contributed by atoms with Gasteiger partial charge in [-0.1, -0.05) is 0 Å². The molecule has 3 aliphatic carbocycles. The largest absolute Gasteiger partial charge is 0.326 e. The maximum absolute atomic E-state index is 12.9. The SMILES string of the molecule is Cc1ncn(-c2ccc(NC(=O)C34CCC(N)(CC3)CC4)cc2)c1C. The smallest absolute Gasteiger partial charge is 0.230 e. The monoisotopic (exact) mass is 338 g/mol. The maximum atomic E-state index is 12.9. The molecule has 0 saturated heterocycles. The van der Waals surface area contributed by atoms with Crippen molar-refractivity contribution >= 4 is 11.6 Å². The van der Waals surface area contributed by atoms with Gasteiger partial charge in [0.2, 0.25) is 5.91 Å². The molecule has 0 atom stereocenters. The van der Waals surface area contributed by atoms with Gasteiger partial charge in [0, 0.05) is 28.0 Å². The third kappa shape index (κ3) is 2.76. The topological polar surface area (TPSA) is 72.9 Å². The first-order valence-corrected chi connectivity index (χ1v) is 9.12. The summed E-state index contributed by atoms with van der Waals surface area (Å²) in [5, 5.41) is 3.13. The van der Waals surface area contributed by atoms with Gasteiger partial charge in [0.15, 0.2) is 0 Å². The van der Waals surface area contributed by atoms with Crippen molar-refractivity contribution in [2.45, 2.75) is 57.9 Å². The molecule has 3 N–H and O–H groups in total. The van der Waals surface area contributed by atoms with E-state index in [1.54, 1.807) is 0 Å². The number of benzene rings is 1. The maximum Gasteiger partial charge on any atom is 0.230 e. The van der Waals surface area contributed by atoms with Crippen LogP contribution in [0.5, 0.6) is 0 Å². The van der Waals surface area contributed by atoms with E-state index < -0.39 is 0 Å². The van der Waals surface area contributed by atoms with E-state index in [-0.39, 0.29) is 16.9 Å². The Labute approximate surface area is 148 Å².